The summed E-state index contributed by atoms with van der Waals surface area (Å²) in [5.41, 5.74) is 8.41. The van der Waals surface area contributed by atoms with Crippen molar-refractivity contribution in [2.24, 2.45) is 0 Å². The molecule has 0 aliphatic rings. The quantitative estimate of drug-likeness (QED) is 0.183. The molecule has 0 bridgehead atoms. The van der Waals surface area contributed by atoms with Crippen molar-refractivity contribution in [2.75, 3.05) is 30.8 Å². The minimum atomic E-state index is -0.798. The van der Waals surface area contributed by atoms with Crippen molar-refractivity contribution in [1.29, 1.82) is 5.26 Å². The van der Waals surface area contributed by atoms with E-state index < -0.39 is 17.7 Å². The first-order valence-electron chi connectivity index (χ1n) is 11.5. The normalized spacial score (nSPS) is 11.3. The van der Waals surface area contributed by atoms with Gasteiger partial charge in [-0.05, 0) is 63.2 Å². The summed E-state index contributed by atoms with van der Waals surface area (Å²) >= 11 is 0. The summed E-state index contributed by atoms with van der Waals surface area (Å²) in [5.74, 6) is 0.407. The zero-order valence-electron chi connectivity index (χ0n) is 21.4. The van der Waals surface area contributed by atoms with Gasteiger partial charge in [0, 0.05) is 30.6 Å². The van der Waals surface area contributed by atoms with Gasteiger partial charge < -0.3 is 29.4 Å². The molecule has 3 aromatic rings. The highest BCUT2D eigenvalue weighted by molar-refractivity contribution is 5.97. The predicted molar refractivity (Wildman–Crippen MR) is 138 cm³/mol. The van der Waals surface area contributed by atoms with Gasteiger partial charge in [-0.3, -0.25) is 0 Å². The molecule has 0 saturated carbocycles. The number of ether oxygens (including phenoxy) is 2. The third kappa shape index (κ3) is 8.27. The number of nitrogen functional groups attached to an aromatic ring is 1. The number of furan rings is 1. The number of anilines is 2. The zero-order chi connectivity index (χ0) is 27.7. The van der Waals surface area contributed by atoms with Crippen LogP contribution in [0.4, 0.5) is 16.3 Å². The second-order valence-corrected chi connectivity index (χ2v) is 8.95. The fourth-order valence-corrected chi connectivity index (χ4v) is 3.00. The number of aromatic nitrogens is 2. The summed E-state index contributed by atoms with van der Waals surface area (Å²) in [6, 6.07) is 14.1. The van der Waals surface area contributed by atoms with Crippen LogP contribution in [0.2, 0.25) is 0 Å². The fourth-order valence-electron chi connectivity index (χ4n) is 3.00. The van der Waals surface area contributed by atoms with Crippen LogP contribution < -0.4 is 21.0 Å². The summed E-state index contributed by atoms with van der Waals surface area (Å²) in [4.78, 5) is 38.4. The van der Waals surface area contributed by atoms with Crippen molar-refractivity contribution in [1.82, 2.24) is 15.4 Å². The molecule has 0 fully saturated rings. The Morgan fingerprint density at radius 1 is 1.18 bits per heavy atom. The first-order chi connectivity index (χ1) is 18.0. The highest BCUT2D eigenvalue weighted by atomic mass is 16.7. The molecule has 12 nitrogen and oxygen atoms in total. The lowest BCUT2D eigenvalue weighted by Crippen LogP contribution is -2.31. The second kappa shape index (κ2) is 12.3. The number of amides is 1. The summed E-state index contributed by atoms with van der Waals surface area (Å²) in [5, 5.41) is 9.32. The molecule has 0 spiro atoms. The van der Waals surface area contributed by atoms with Crippen molar-refractivity contribution < 1.29 is 28.3 Å². The number of hydrogen-bond donors (Lipinski definition) is 2. The number of nitriles is 1. The molecule has 1 aromatic carbocycles. The van der Waals surface area contributed by atoms with Gasteiger partial charge in [0.25, 0.3) is 0 Å². The van der Waals surface area contributed by atoms with Crippen molar-refractivity contribution in [2.45, 2.75) is 26.4 Å². The van der Waals surface area contributed by atoms with Crippen LogP contribution in [0, 0.1) is 11.3 Å². The molecular weight excluding hydrogens is 492 g/mol. The van der Waals surface area contributed by atoms with Gasteiger partial charge in [-0.2, -0.15) is 10.2 Å². The topological polar surface area (TPSA) is 166 Å². The van der Waals surface area contributed by atoms with E-state index in [4.69, 9.17) is 24.5 Å². The van der Waals surface area contributed by atoms with Crippen molar-refractivity contribution in [3.8, 4) is 23.4 Å². The Labute approximate surface area is 219 Å². The molecule has 2 aromatic heterocycles. The Morgan fingerprint density at radius 2 is 1.92 bits per heavy atom. The Morgan fingerprint density at radius 3 is 2.58 bits per heavy atom. The first-order valence-corrected chi connectivity index (χ1v) is 11.5. The summed E-state index contributed by atoms with van der Waals surface area (Å²) < 4.78 is 16.1. The lowest BCUT2D eigenvalue weighted by Gasteiger charge is -2.19. The molecule has 38 heavy (non-hydrogen) atoms. The fraction of sp³-hybridized carbons (Fsp3) is 0.269. The van der Waals surface area contributed by atoms with Crippen LogP contribution in [-0.4, -0.2) is 47.8 Å². The number of esters is 1. The molecule has 1 amide bonds. The van der Waals surface area contributed by atoms with E-state index in [1.807, 2.05) is 42.3 Å². The maximum atomic E-state index is 12.2. The highest BCUT2D eigenvalue weighted by Gasteiger charge is 2.20. The second-order valence-electron chi connectivity index (χ2n) is 8.95. The van der Waals surface area contributed by atoms with Gasteiger partial charge in [-0.25, -0.2) is 14.6 Å². The Balaban J connectivity index is 1.51. The lowest BCUT2D eigenvalue weighted by atomic mass is 10.1. The van der Waals surface area contributed by atoms with E-state index in [-0.39, 0.29) is 24.0 Å². The van der Waals surface area contributed by atoms with Crippen molar-refractivity contribution in [3.63, 3.8) is 0 Å². The van der Waals surface area contributed by atoms with Gasteiger partial charge in [-0.1, -0.05) is 0 Å². The largest absolute Gasteiger partial charge is 0.457 e. The highest BCUT2D eigenvalue weighted by Crippen LogP contribution is 2.26. The number of benzene rings is 1. The van der Waals surface area contributed by atoms with E-state index in [0.29, 0.717) is 18.1 Å². The maximum Gasteiger partial charge on any atom is 0.440 e. The number of rotatable bonds is 9. The Hall–Kier alpha value is -5.05. The maximum absolute atomic E-state index is 12.2. The number of carbonyl (C=O) groups is 2. The summed E-state index contributed by atoms with van der Waals surface area (Å²) in [6.45, 7) is 5.69. The molecule has 3 N–H and O–H groups in total. The molecule has 198 valence electrons. The van der Waals surface area contributed by atoms with E-state index in [0.717, 1.165) is 11.3 Å². The van der Waals surface area contributed by atoms with Crippen LogP contribution in [0.25, 0.3) is 17.4 Å². The average Bonchev–Trinajstić information content (AvgIpc) is 3.33. The Kier molecular flexibility index (Phi) is 8.89. The summed E-state index contributed by atoms with van der Waals surface area (Å²) in [6.07, 6.45) is 1.95. The molecule has 0 aliphatic carbocycles. The van der Waals surface area contributed by atoms with Crippen LogP contribution in [0.15, 0.2) is 58.7 Å². The van der Waals surface area contributed by atoms with Crippen LogP contribution in [0.3, 0.4) is 0 Å². The van der Waals surface area contributed by atoms with Gasteiger partial charge in [0.15, 0.2) is 0 Å². The monoisotopic (exact) mass is 520 g/mol. The smallest absolute Gasteiger partial charge is 0.440 e. The van der Waals surface area contributed by atoms with Crippen LogP contribution in [0.1, 0.15) is 26.5 Å². The van der Waals surface area contributed by atoms with E-state index >= 15 is 0 Å². The van der Waals surface area contributed by atoms with E-state index in [2.05, 4.69) is 15.4 Å². The molecule has 0 atom stereocenters. The van der Waals surface area contributed by atoms with Crippen LogP contribution >= 0.6 is 0 Å². The third-order valence-corrected chi connectivity index (χ3v) is 4.79. The molecule has 3 rings (SSSR count). The van der Waals surface area contributed by atoms with Crippen molar-refractivity contribution in [3.05, 3.63) is 60.0 Å². The predicted octanol–water partition coefficient (Wildman–Crippen LogP) is 3.72. The van der Waals surface area contributed by atoms with E-state index in [1.165, 1.54) is 18.3 Å². The first kappa shape index (κ1) is 27.5. The molecule has 0 aliphatic heterocycles. The number of likely N-dealkylation sites (N-methyl/N-ethyl adjacent to an activating group) is 1. The zero-order valence-corrected chi connectivity index (χ0v) is 21.4. The number of nitrogens with zero attached hydrogens (tertiary/aromatic N) is 4. The van der Waals surface area contributed by atoms with Gasteiger partial charge in [-0.15, -0.1) is 5.48 Å². The minimum absolute atomic E-state index is 0.0952. The van der Waals surface area contributed by atoms with Gasteiger partial charge in [0.2, 0.25) is 0 Å². The third-order valence-electron chi connectivity index (χ3n) is 4.79. The van der Waals surface area contributed by atoms with Crippen LogP contribution in [-0.2, 0) is 14.3 Å². The number of nitrogens with two attached hydrogens (primary N) is 1. The van der Waals surface area contributed by atoms with Gasteiger partial charge in [0.1, 0.15) is 41.2 Å². The van der Waals surface area contributed by atoms with Crippen molar-refractivity contribution >= 4 is 29.6 Å². The number of nitrogens with one attached hydrogen (secondary N) is 1. The molecule has 0 unspecified atom stereocenters. The number of hydroxylamine groups is 1. The van der Waals surface area contributed by atoms with E-state index in [1.54, 1.807) is 32.9 Å². The van der Waals surface area contributed by atoms with Gasteiger partial charge in [0.05, 0.1) is 6.54 Å². The van der Waals surface area contributed by atoms with Gasteiger partial charge >= 0.3 is 18.1 Å². The number of carbonyl (C=O) groups excluding carboxylic acids is 2. The lowest BCUT2D eigenvalue weighted by molar-refractivity contribution is -0.149. The molecular formula is C26H28N6O6. The average molecular weight is 521 g/mol. The Bertz CT molecular complexity index is 1340. The molecule has 0 radical (unpaired) electrons. The molecule has 2 heterocycles. The SMILES string of the molecule is CN(CCOC(=O)NOc1nccc(N)n1)c1ccc(-c2ccc(/C=C(\C#N)C(=O)OC(C)(C)C)o2)cc1. The minimum Gasteiger partial charge on any atom is -0.457 e. The van der Waals surface area contributed by atoms with E-state index in [9.17, 15) is 14.9 Å². The molecule has 0 saturated heterocycles. The number of hydrogen-bond acceptors (Lipinski definition) is 11. The standard InChI is InChI=1S/C26H28N6O6/c1-26(2,3)37-23(33)18(16-27)15-20-9-10-21(36-20)17-5-7-19(8-6-17)32(4)13-14-35-25(34)31-38-24-29-12-11-22(28)30-24/h5-12,15H,13-14H2,1-4H3,(H,31,34)(H2,28,29,30)/b18-15+. The van der Waals surface area contributed by atoms with Crippen LogP contribution in [0.5, 0.6) is 6.01 Å². The molecule has 12 heteroatoms. The summed E-state index contributed by atoms with van der Waals surface area (Å²) in [7, 11) is 1.85.